The van der Waals surface area contributed by atoms with E-state index in [9.17, 15) is 13.0 Å². The molecule has 0 aliphatic heterocycles. The second kappa shape index (κ2) is 11.6. The van der Waals surface area contributed by atoms with Gasteiger partial charge in [0, 0.05) is 0 Å². The van der Waals surface area contributed by atoms with Crippen molar-refractivity contribution in [1.29, 1.82) is 0 Å². The molecule has 3 nitrogen and oxygen atoms in total. The van der Waals surface area contributed by atoms with Crippen molar-refractivity contribution >= 4 is 10.1 Å². The predicted octanol–water partition coefficient (Wildman–Crippen LogP) is 5.44. The Bertz CT molecular complexity index is 523. The van der Waals surface area contributed by atoms with E-state index in [-0.39, 0.29) is 4.90 Å². The summed E-state index contributed by atoms with van der Waals surface area (Å²) in [4.78, 5) is -0.0490. The molecule has 0 saturated carbocycles. The number of aryl methyl sites for hydroxylation is 1. The van der Waals surface area contributed by atoms with Crippen molar-refractivity contribution in [2.75, 3.05) is 0 Å². The van der Waals surface area contributed by atoms with Crippen LogP contribution >= 0.6 is 0 Å². The minimum Gasteiger partial charge on any atom is -0.744 e. The Morgan fingerprint density at radius 2 is 1.26 bits per heavy atom. The van der Waals surface area contributed by atoms with Gasteiger partial charge in [0.1, 0.15) is 10.1 Å². The average molecular weight is 340 g/mol. The Morgan fingerprint density at radius 3 is 1.78 bits per heavy atom. The number of unbranched alkanes of at least 4 members (excludes halogenated alkanes) is 10. The van der Waals surface area contributed by atoms with Gasteiger partial charge in [0.2, 0.25) is 0 Å². The summed E-state index contributed by atoms with van der Waals surface area (Å²) in [6.45, 7) is 2.24. The average Bonchev–Trinajstić information content (AvgIpc) is 2.52. The summed E-state index contributed by atoms with van der Waals surface area (Å²) >= 11 is 0. The van der Waals surface area contributed by atoms with Gasteiger partial charge in [-0.15, -0.1) is 0 Å². The normalized spacial score (nSPS) is 11.7. The molecular formula is C19H31O3S-. The molecule has 1 aromatic carbocycles. The Balaban J connectivity index is 2.10. The maximum Gasteiger partial charge on any atom is 0.124 e. The lowest BCUT2D eigenvalue weighted by Crippen LogP contribution is -2.03. The molecule has 0 saturated heterocycles. The third kappa shape index (κ3) is 9.11. The van der Waals surface area contributed by atoms with Crippen molar-refractivity contribution in [1.82, 2.24) is 0 Å². The zero-order chi connectivity index (χ0) is 17.0. The van der Waals surface area contributed by atoms with Gasteiger partial charge in [-0.25, -0.2) is 8.42 Å². The molecule has 1 rings (SSSR count). The van der Waals surface area contributed by atoms with Crippen LogP contribution in [0.25, 0.3) is 0 Å². The van der Waals surface area contributed by atoms with Crippen molar-refractivity contribution in [2.45, 2.75) is 88.9 Å². The van der Waals surface area contributed by atoms with Gasteiger partial charge < -0.3 is 4.55 Å². The maximum atomic E-state index is 11.2. The first-order valence-electron chi connectivity index (χ1n) is 9.09. The highest BCUT2D eigenvalue weighted by Crippen LogP contribution is 2.18. The molecule has 0 heterocycles. The minimum atomic E-state index is -4.35. The highest BCUT2D eigenvalue weighted by Gasteiger charge is 2.07. The quantitative estimate of drug-likeness (QED) is 0.355. The minimum absolute atomic E-state index is 0.0490. The topological polar surface area (TPSA) is 57.2 Å². The van der Waals surface area contributed by atoms with Crippen LogP contribution < -0.4 is 0 Å². The van der Waals surface area contributed by atoms with Gasteiger partial charge in [-0.05, 0) is 24.5 Å². The molecule has 0 aliphatic rings. The van der Waals surface area contributed by atoms with Gasteiger partial charge in [0.25, 0.3) is 0 Å². The van der Waals surface area contributed by atoms with Gasteiger partial charge >= 0.3 is 0 Å². The van der Waals surface area contributed by atoms with E-state index >= 15 is 0 Å². The van der Waals surface area contributed by atoms with E-state index in [1.54, 1.807) is 18.2 Å². The Hall–Kier alpha value is -0.870. The molecular weight excluding hydrogens is 308 g/mol. The molecule has 0 amide bonds. The van der Waals surface area contributed by atoms with Crippen LogP contribution in [0.5, 0.6) is 0 Å². The lowest BCUT2D eigenvalue weighted by Gasteiger charge is -2.12. The van der Waals surface area contributed by atoms with Gasteiger partial charge in [-0.3, -0.25) is 0 Å². The van der Waals surface area contributed by atoms with Crippen LogP contribution in [0.2, 0.25) is 0 Å². The third-order valence-electron chi connectivity index (χ3n) is 4.29. The Kier molecular flexibility index (Phi) is 10.2. The molecule has 0 bridgehead atoms. The van der Waals surface area contributed by atoms with Crippen LogP contribution in [-0.4, -0.2) is 13.0 Å². The summed E-state index contributed by atoms with van der Waals surface area (Å²) < 4.78 is 33.6. The molecule has 0 unspecified atom stereocenters. The van der Waals surface area contributed by atoms with Crippen molar-refractivity contribution in [2.24, 2.45) is 0 Å². The fourth-order valence-electron chi connectivity index (χ4n) is 2.93. The van der Waals surface area contributed by atoms with Crippen LogP contribution in [0, 0.1) is 0 Å². The van der Waals surface area contributed by atoms with E-state index in [1.165, 1.54) is 63.9 Å². The third-order valence-corrected chi connectivity index (χ3v) is 5.23. The molecule has 0 N–H and O–H groups in total. The van der Waals surface area contributed by atoms with Crippen LogP contribution in [-0.2, 0) is 16.5 Å². The van der Waals surface area contributed by atoms with E-state index in [4.69, 9.17) is 0 Å². The molecule has 0 fully saturated rings. The molecule has 0 radical (unpaired) electrons. The zero-order valence-electron chi connectivity index (χ0n) is 14.4. The number of hydrogen-bond acceptors (Lipinski definition) is 3. The standard InChI is InChI=1S/C19H32O3S/c1-2-3-4-5-6-7-8-9-10-11-12-15-18-16-13-14-17-19(18)23(20,21)22/h13-14,16-17H,2-12,15H2,1H3,(H,20,21,22)/p-1. The molecule has 0 atom stereocenters. The Morgan fingerprint density at radius 1 is 0.783 bits per heavy atom. The number of hydrogen-bond donors (Lipinski definition) is 0. The smallest absolute Gasteiger partial charge is 0.124 e. The SMILES string of the molecule is CCCCCCCCCCCCCc1ccccc1S(=O)(=O)[O-]. The van der Waals surface area contributed by atoms with E-state index in [2.05, 4.69) is 6.92 Å². The highest BCUT2D eigenvalue weighted by molar-refractivity contribution is 7.85. The van der Waals surface area contributed by atoms with Crippen molar-refractivity contribution < 1.29 is 13.0 Å². The van der Waals surface area contributed by atoms with Crippen molar-refractivity contribution in [3.8, 4) is 0 Å². The van der Waals surface area contributed by atoms with Gasteiger partial charge in [-0.1, -0.05) is 89.3 Å². The van der Waals surface area contributed by atoms with E-state index in [0.29, 0.717) is 12.0 Å². The molecule has 132 valence electrons. The second-order valence-electron chi connectivity index (χ2n) is 6.35. The van der Waals surface area contributed by atoms with Crippen LogP contribution in [0.4, 0.5) is 0 Å². The molecule has 23 heavy (non-hydrogen) atoms. The van der Waals surface area contributed by atoms with Gasteiger partial charge in [-0.2, -0.15) is 0 Å². The highest BCUT2D eigenvalue weighted by atomic mass is 32.2. The van der Waals surface area contributed by atoms with Gasteiger partial charge in [0.15, 0.2) is 0 Å². The first kappa shape index (κ1) is 20.2. The summed E-state index contributed by atoms with van der Waals surface area (Å²) in [7, 11) is -4.35. The summed E-state index contributed by atoms with van der Waals surface area (Å²) in [5.41, 5.74) is 0.665. The van der Waals surface area contributed by atoms with Crippen LogP contribution in [0.1, 0.15) is 83.1 Å². The second-order valence-corrected chi connectivity index (χ2v) is 7.70. The maximum absolute atomic E-state index is 11.2. The summed E-state index contributed by atoms with van der Waals surface area (Å²) in [5, 5.41) is 0. The lowest BCUT2D eigenvalue weighted by molar-refractivity contribution is 0.461. The first-order chi connectivity index (χ1) is 11.1. The molecule has 4 heteroatoms. The van der Waals surface area contributed by atoms with Crippen LogP contribution in [0.3, 0.4) is 0 Å². The number of rotatable bonds is 13. The molecule has 0 aromatic heterocycles. The lowest BCUT2D eigenvalue weighted by atomic mass is 10.0. The van der Waals surface area contributed by atoms with Gasteiger partial charge in [0.05, 0.1) is 4.90 Å². The molecule has 1 aromatic rings. The van der Waals surface area contributed by atoms with Crippen LogP contribution in [0.15, 0.2) is 29.2 Å². The number of benzene rings is 1. The van der Waals surface area contributed by atoms with E-state index in [1.807, 2.05) is 0 Å². The van der Waals surface area contributed by atoms with E-state index < -0.39 is 10.1 Å². The predicted molar refractivity (Wildman–Crippen MR) is 94.6 cm³/mol. The monoisotopic (exact) mass is 339 g/mol. The Labute approximate surface area is 142 Å². The first-order valence-corrected chi connectivity index (χ1v) is 10.5. The fraction of sp³-hybridized carbons (Fsp3) is 0.684. The largest absolute Gasteiger partial charge is 0.744 e. The molecule has 0 aliphatic carbocycles. The summed E-state index contributed by atoms with van der Waals surface area (Å²) in [6, 6.07) is 6.56. The van der Waals surface area contributed by atoms with Crippen molar-refractivity contribution in [3.05, 3.63) is 29.8 Å². The molecule has 0 spiro atoms. The summed E-state index contributed by atoms with van der Waals surface area (Å²) in [5.74, 6) is 0. The zero-order valence-corrected chi connectivity index (χ0v) is 15.2. The van der Waals surface area contributed by atoms with E-state index in [0.717, 1.165) is 12.8 Å². The fourth-order valence-corrected chi connectivity index (χ4v) is 3.67. The summed E-state index contributed by atoms with van der Waals surface area (Å²) in [6.07, 6.45) is 14.6. The van der Waals surface area contributed by atoms with Crippen molar-refractivity contribution in [3.63, 3.8) is 0 Å².